The smallest absolute Gasteiger partial charge is 0.347 e. The molecule has 1 N–H and O–H groups in total. The number of hydrogen-bond donors (Lipinski definition) is 1. The van der Waals surface area contributed by atoms with Gasteiger partial charge in [0.2, 0.25) is 0 Å². The Labute approximate surface area is 128 Å². The van der Waals surface area contributed by atoms with Crippen molar-refractivity contribution < 1.29 is 14.6 Å². The van der Waals surface area contributed by atoms with Crippen molar-refractivity contribution in [3.8, 4) is 5.75 Å². The molecule has 0 spiro atoms. The summed E-state index contributed by atoms with van der Waals surface area (Å²) in [4.78, 5) is 16.3. The summed E-state index contributed by atoms with van der Waals surface area (Å²) in [6, 6.07) is 7.74. The van der Waals surface area contributed by atoms with Gasteiger partial charge >= 0.3 is 5.97 Å². The van der Waals surface area contributed by atoms with Crippen molar-refractivity contribution in [1.82, 2.24) is 4.98 Å². The molecular formula is C16H19NO3S. The third-order valence-electron chi connectivity index (χ3n) is 3.07. The number of ether oxygens (including phenoxy) is 1. The lowest BCUT2D eigenvalue weighted by atomic mass is 9.91. The van der Waals surface area contributed by atoms with Crippen LogP contribution in [0.2, 0.25) is 0 Å². The van der Waals surface area contributed by atoms with E-state index in [1.165, 1.54) is 11.3 Å². The molecule has 0 atom stereocenters. The first-order valence-corrected chi connectivity index (χ1v) is 7.49. The van der Waals surface area contributed by atoms with Crippen LogP contribution in [0.1, 0.15) is 46.7 Å². The standard InChI is InChI=1S/C16H19NO3S/c1-16(2,3)14-13(15(18)19)21-12(17-14)9-10-6-5-7-11(8-10)20-4/h5-8H,9H2,1-4H3,(H,18,19). The van der Waals surface area contributed by atoms with Gasteiger partial charge in [0.1, 0.15) is 10.6 Å². The molecule has 5 heteroatoms. The third kappa shape index (κ3) is 3.61. The van der Waals surface area contributed by atoms with E-state index in [-0.39, 0.29) is 5.41 Å². The second-order valence-electron chi connectivity index (χ2n) is 5.87. The average molecular weight is 305 g/mol. The summed E-state index contributed by atoms with van der Waals surface area (Å²) in [7, 11) is 1.63. The molecule has 0 radical (unpaired) electrons. The first-order valence-electron chi connectivity index (χ1n) is 6.67. The third-order valence-corrected chi connectivity index (χ3v) is 4.11. The van der Waals surface area contributed by atoms with Crippen molar-refractivity contribution in [1.29, 1.82) is 0 Å². The zero-order valence-corrected chi connectivity index (χ0v) is 13.5. The van der Waals surface area contributed by atoms with Crippen molar-refractivity contribution in [2.45, 2.75) is 32.6 Å². The van der Waals surface area contributed by atoms with Gasteiger partial charge in [-0.15, -0.1) is 11.3 Å². The van der Waals surface area contributed by atoms with E-state index in [9.17, 15) is 9.90 Å². The highest BCUT2D eigenvalue weighted by Gasteiger charge is 2.26. The Kier molecular flexibility index (Phi) is 4.32. The predicted molar refractivity (Wildman–Crippen MR) is 83.6 cm³/mol. The number of hydrogen-bond acceptors (Lipinski definition) is 4. The average Bonchev–Trinajstić information content (AvgIpc) is 2.83. The van der Waals surface area contributed by atoms with Crippen LogP contribution in [0.4, 0.5) is 0 Å². The van der Waals surface area contributed by atoms with E-state index in [0.29, 0.717) is 17.0 Å². The normalized spacial score (nSPS) is 11.4. The maximum Gasteiger partial charge on any atom is 0.347 e. The predicted octanol–water partition coefficient (Wildman–Crippen LogP) is 3.74. The monoisotopic (exact) mass is 305 g/mol. The Morgan fingerprint density at radius 2 is 2.10 bits per heavy atom. The molecule has 1 heterocycles. The van der Waals surface area contributed by atoms with E-state index in [2.05, 4.69) is 4.98 Å². The highest BCUT2D eigenvalue weighted by Crippen LogP contribution is 2.31. The lowest BCUT2D eigenvalue weighted by molar-refractivity contribution is 0.0699. The second-order valence-corrected chi connectivity index (χ2v) is 6.95. The van der Waals surface area contributed by atoms with Crippen molar-refractivity contribution >= 4 is 17.3 Å². The van der Waals surface area contributed by atoms with Crippen LogP contribution in [0, 0.1) is 0 Å². The number of carboxylic acids is 1. The van der Waals surface area contributed by atoms with E-state index in [1.54, 1.807) is 7.11 Å². The first-order chi connectivity index (χ1) is 9.81. The van der Waals surface area contributed by atoms with Crippen molar-refractivity contribution in [3.05, 3.63) is 45.4 Å². The molecule has 2 aromatic rings. The minimum atomic E-state index is -0.908. The molecule has 0 amide bonds. The van der Waals surface area contributed by atoms with Crippen LogP contribution in [-0.4, -0.2) is 23.2 Å². The number of methoxy groups -OCH3 is 1. The Hall–Kier alpha value is -1.88. The van der Waals surface area contributed by atoms with Gasteiger partial charge in [-0.05, 0) is 17.7 Å². The fourth-order valence-corrected chi connectivity index (χ4v) is 3.20. The molecule has 1 aromatic carbocycles. The number of thiazole rings is 1. The largest absolute Gasteiger partial charge is 0.497 e. The SMILES string of the molecule is COc1cccc(Cc2nc(C(C)(C)C)c(C(=O)O)s2)c1. The summed E-state index contributed by atoms with van der Waals surface area (Å²) in [6.45, 7) is 5.93. The summed E-state index contributed by atoms with van der Waals surface area (Å²) in [5.74, 6) is -0.118. The van der Waals surface area contributed by atoms with Gasteiger partial charge in [0.15, 0.2) is 0 Å². The summed E-state index contributed by atoms with van der Waals surface area (Å²) < 4.78 is 5.20. The van der Waals surface area contributed by atoms with Crippen LogP contribution in [-0.2, 0) is 11.8 Å². The van der Waals surface area contributed by atoms with Gasteiger partial charge in [-0.2, -0.15) is 0 Å². The van der Waals surface area contributed by atoms with Gasteiger partial charge in [0.05, 0.1) is 17.8 Å². The van der Waals surface area contributed by atoms with Crippen molar-refractivity contribution in [2.24, 2.45) is 0 Å². The number of carbonyl (C=O) groups is 1. The Morgan fingerprint density at radius 3 is 2.62 bits per heavy atom. The van der Waals surface area contributed by atoms with Gasteiger partial charge in [-0.3, -0.25) is 0 Å². The van der Waals surface area contributed by atoms with E-state index in [0.717, 1.165) is 16.3 Å². The Balaban J connectivity index is 2.34. The molecule has 0 bridgehead atoms. The van der Waals surface area contributed by atoms with Gasteiger partial charge in [-0.25, -0.2) is 9.78 Å². The topological polar surface area (TPSA) is 59.4 Å². The maximum atomic E-state index is 11.4. The minimum absolute atomic E-state index is 0.281. The zero-order valence-electron chi connectivity index (χ0n) is 12.6. The fraction of sp³-hybridized carbons (Fsp3) is 0.375. The number of benzene rings is 1. The molecular weight excluding hydrogens is 286 g/mol. The molecule has 2 rings (SSSR count). The van der Waals surface area contributed by atoms with Gasteiger partial charge < -0.3 is 9.84 Å². The summed E-state index contributed by atoms with van der Waals surface area (Å²) in [5, 5.41) is 10.2. The van der Waals surface area contributed by atoms with Crippen LogP contribution in [0.5, 0.6) is 5.75 Å². The summed E-state index contributed by atoms with van der Waals surface area (Å²) >= 11 is 1.25. The Morgan fingerprint density at radius 1 is 1.38 bits per heavy atom. The highest BCUT2D eigenvalue weighted by molar-refractivity contribution is 7.13. The van der Waals surface area contributed by atoms with Crippen LogP contribution in [0.3, 0.4) is 0 Å². The quantitative estimate of drug-likeness (QED) is 0.935. The molecule has 0 aliphatic carbocycles. The minimum Gasteiger partial charge on any atom is -0.497 e. The molecule has 112 valence electrons. The molecule has 0 aliphatic rings. The number of rotatable bonds is 4. The van der Waals surface area contributed by atoms with Gasteiger partial charge in [0.25, 0.3) is 0 Å². The second kappa shape index (κ2) is 5.85. The summed E-state index contributed by atoms with van der Waals surface area (Å²) in [6.07, 6.45) is 0.609. The van der Waals surface area contributed by atoms with E-state index in [1.807, 2.05) is 45.0 Å². The molecule has 0 unspecified atom stereocenters. The molecule has 4 nitrogen and oxygen atoms in total. The van der Waals surface area contributed by atoms with Crippen LogP contribution in [0.15, 0.2) is 24.3 Å². The first kappa shape index (κ1) is 15.5. The lowest BCUT2D eigenvalue weighted by Gasteiger charge is -2.16. The van der Waals surface area contributed by atoms with E-state index in [4.69, 9.17) is 4.74 Å². The van der Waals surface area contributed by atoms with Gasteiger partial charge in [-0.1, -0.05) is 32.9 Å². The number of aromatic nitrogens is 1. The van der Waals surface area contributed by atoms with Gasteiger partial charge in [0, 0.05) is 11.8 Å². The van der Waals surface area contributed by atoms with E-state index >= 15 is 0 Å². The summed E-state index contributed by atoms with van der Waals surface area (Å²) in [5.41, 5.74) is 1.43. The van der Waals surface area contributed by atoms with E-state index < -0.39 is 5.97 Å². The van der Waals surface area contributed by atoms with Crippen LogP contribution < -0.4 is 4.74 Å². The highest BCUT2D eigenvalue weighted by atomic mass is 32.1. The van der Waals surface area contributed by atoms with Crippen LogP contribution >= 0.6 is 11.3 Å². The Bertz CT molecular complexity index is 656. The molecule has 21 heavy (non-hydrogen) atoms. The van der Waals surface area contributed by atoms with Crippen LogP contribution in [0.25, 0.3) is 0 Å². The molecule has 1 aromatic heterocycles. The molecule has 0 saturated carbocycles. The number of nitrogens with zero attached hydrogens (tertiary/aromatic N) is 1. The fourth-order valence-electron chi connectivity index (χ4n) is 2.05. The van der Waals surface area contributed by atoms with Crippen molar-refractivity contribution in [2.75, 3.05) is 7.11 Å². The number of aromatic carboxylic acids is 1. The zero-order chi connectivity index (χ0) is 15.6. The maximum absolute atomic E-state index is 11.4. The molecule has 0 saturated heterocycles. The van der Waals surface area contributed by atoms with Crippen molar-refractivity contribution in [3.63, 3.8) is 0 Å². The number of carboxylic acid groups (broad SMARTS) is 1. The molecule has 0 fully saturated rings. The molecule has 0 aliphatic heterocycles. The lowest BCUT2D eigenvalue weighted by Crippen LogP contribution is -2.16.